The number of carboxylic acids is 1. The minimum absolute atomic E-state index is 0.0271. The molecule has 2 heterocycles. The molecule has 5 aliphatic carbocycles. The quantitative estimate of drug-likeness (QED) is 0.161. The first-order valence-electron chi connectivity index (χ1n) is 19.8. The minimum Gasteiger partial charge on any atom is -0.481 e. The van der Waals surface area contributed by atoms with Crippen LogP contribution in [0.5, 0.6) is 0 Å². The molecule has 0 unspecified atom stereocenters. The number of fused-ring (bicyclic) bond motifs is 7. The van der Waals surface area contributed by atoms with Crippen molar-refractivity contribution in [3.05, 3.63) is 11.6 Å². The molecule has 0 amide bonds. The number of allylic oxidation sites excluding steroid dienone is 2. The van der Waals surface area contributed by atoms with Crippen LogP contribution in [-0.4, -0.2) is 115 Å². The van der Waals surface area contributed by atoms with Gasteiger partial charge in [-0.25, -0.2) is 0 Å². The van der Waals surface area contributed by atoms with Crippen molar-refractivity contribution in [1.82, 2.24) is 0 Å². The second-order valence-corrected chi connectivity index (χ2v) is 19.6. The topological polar surface area (TPSA) is 196 Å². The second-order valence-electron chi connectivity index (χ2n) is 19.6. The van der Waals surface area contributed by atoms with Gasteiger partial charge >= 0.3 is 5.97 Å². The lowest BCUT2D eigenvalue weighted by Gasteiger charge is -2.71. The lowest BCUT2D eigenvalue weighted by atomic mass is 9.34. The number of aliphatic hydroxyl groups excluding tert-OH is 5. The van der Waals surface area contributed by atoms with Crippen LogP contribution in [0, 0.1) is 44.8 Å². The molecule has 0 spiro atoms. The fraction of sp³-hybridized carbons (Fsp3) is 0.925. The Bertz CT molecular complexity index is 1420. The van der Waals surface area contributed by atoms with Gasteiger partial charge in [0.1, 0.15) is 36.6 Å². The van der Waals surface area contributed by atoms with Crippen LogP contribution < -0.4 is 0 Å². The van der Waals surface area contributed by atoms with Crippen LogP contribution in [0.4, 0.5) is 0 Å². The summed E-state index contributed by atoms with van der Waals surface area (Å²) in [4.78, 5) is 13.0. The molecule has 12 heteroatoms. The lowest BCUT2D eigenvalue weighted by molar-refractivity contribution is -0.367. The summed E-state index contributed by atoms with van der Waals surface area (Å²) in [6.45, 7) is 14.9. The number of hydrogen-bond donors (Lipinski definition) is 7. The maximum atomic E-state index is 13.0. The average Bonchev–Trinajstić information content (AvgIpc) is 3.06. The third-order valence-electron chi connectivity index (χ3n) is 16.5. The molecule has 2 saturated heterocycles. The molecule has 4 saturated carbocycles. The van der Waals surface area contributed by atoms with E-state index in [4.69, 9.17) is 18.9 Å². The highest BCUT2D eigenvalue weighted by Crippen LogP contribution is 2.75. The van der Waals surface area contributed by atoms with E-state index >= 15 is 0 Å². The smallest absolute Gasteiger partial charge is 0.310 e. The first-order valence-corrected chi connectivity index (χ1v) is 19.8. The number of carboxylic acid groups (broad SMARTS) is 1. The molecule has 2 aliphatic heterocycles. The van der Waals surface area contributed by atoms with Crippen molar-refractivity contribution in [2.45, 2.75) is 180 Å². The first kappa shape index (κ1) is 39.1. The molecular weight excluding hydrogens is 672 g/mol. The highest BCUT2D eigenvalue weighted by molar-refractivity contribution is 5.76. The van der Waals surface area contributed by atoms with E-state index < -0.39 is 78.4 Å². The van der Waals surface area contributed by atoms with Crippen molar-refractivity contribution in [2.24, 2.45) is 44.8 Å². The van der Waals surface area contributed by atoms with Gasteiger partial charge < -0.3 is 54.7 Å². The van der Waals surface area contributed by atoms with E-state index in [0.717, 1.165) is 51.4 Å². The summed E-state index contributed by atoms with van der Waals surface area (Å²) in [5, 5.41) is 75.9. The van der Waals surface area contributed by atoms with E-state index in [2.05, 4.69) is 40.7 Å². The van der Waals surface area contributed by atoms with Crippen molar-refractivity contribution in [2.75, 3.05) is 6.61 Å². The molecule has 0 aromatic heterocycles. The first-order chi connectivity index (χ1) is 24.1. The standard InChI is InChI=1S/C40H64O12/c1-20-27(42)29(44)30(45)32(50-20)52-31-28(43)23(41)19-49-33(31)51-26-11-12-36(4)24-9-8-21-22-18-35(2,3)14-16-40(22,34(46)47)17-15-37(21,5)38(24,6)13-10-25(36)39(26,7)48/h8,20,22-33,41-45,48H,9-19H2,1-7H3,(H,46,47)/t20-,22-,23-,24+,25+,26-,27-,28-,29+,30+,31+,32-,33-,36+,37+,38+,39-,40-/m0/s1. The summed E-state index contributed by atoms with van der Waals surface area (Å²) < 4.78 is 24.0. The lowest BCUT2D eigenvalue weighted by Crippen LogP contribution is -2.68. The molecule has 0 aromatic rings. The van der Waals surface area contributed by atoms with Crippen LogP contribution in [0.15, 0.2) is 11.6 Å². The van der Waals surface area contributed by atoms with E-state index in [9.17, 15) is 40.5 Å². The normalized spacial score (nSPS) is 55.9. The molecule has 0 bridgehead atoms. The van der Waals surface area contributed by atoms with E-state index in [0.29, 0.717) is 12.8 Å². The summed E-state index contributed by atoms with van der Waals surface area (Å²) in [5.74, 6) is -0.468. The fourth-order valence-corrected chi connectivity index (χ4v) is 12.9. The largest absolute Gasteiger partial charge is 0.481 e. The Kier molecular flexibility index (Phi) is 9.71. The Morgan fingerprint density at radius 1 is 0.808 bits per heavy atom. The maximum Gasteiger partial charge on any atom is 0.310 e. The van der Waals surface area contributed by atoms with Crippen LogP contribution in [-0.2, 0) is 23.7 Å². The molecule has 7 aliphatic rings. The molecule has 12 nitrogen and oxygen atoms in total. The predicted molar refractivity (Wildman–Crippen MR) is 187 cm³/mol. The molecule has 7 N–H and O–H groups in total. The second kappa shape index (κ2) is 12.9. The van der Waals surface area contributed by atoms with E-state index in [1.807, 2.05) is 6.92 Å². The Labute approximate surface area is 307 Å². The number of aliphatic hydroxyl groups is 6. The van der Waals surface area contributed by atoms with Crippen LogP contribution >= 0.6 is 0 Å². The van der Waals surface area contributed by atoms with Gasteiger partial charge in [-0.2, -0.15) is 0 Å². The van der Waals surface area contributed by atoms with E-state index in [1.165, 1.54) is 12.5 Å². The minimum atomic E-state index is -1.63. The van der Waals surface area contributed by atoms with Crippen LogP contribution in [0.2, 0.25) is 0 Å². The molecule has 18 atom stereocenters. The molecule has 0 aromatic carbocycles. The van der Waals surface area contributed by atoms with Crippen LogP contribution in [0.25, 0.3) is 0 Å². The Morgan fingerprint density at radius 2 is 1.50 bits per heavy atom. The number of carbonyl (C=O) groups is 1. The van der Waals surface area contributed by atoms with Gasteiger partial charge in [0.25, 0.3) is 0 Å². The summed E-state index contributed by atoms with van der Waals surface area (Å²) in [6, 6.07) is 0. The number of rotatable bonds is 5. The van der Waals surface area contributed by atoms with Gasteiger partial charge in [-0.1, -0.05) is 46.3 Å². The average molecular weight is 737 g/mol. The highest BCUT2D eigenvalue weighted by atomic mass is 16.8. The van der Waals surface area contributed by atoms with Gasteiger partial charge in [0, 0.05) is 0 Å². The van der Waals surface area contributed by atoms with Gasteiger partial charge in [0.15, 0.2) is 12.6 Å². The predicted octanol–water partition coefficient (Wildman–Crippen LogP) is 3.27. The van der Waals surface area contributed by atoms with Crippen molar-refractivity contribution in [1.29, 1.82) is 0 Å². The molecule has 6 fully saturated rings. The number of aliphatic carboxylic acids is 1. The Balaban J connectivity index is 1.13. The zero-order chi connectivity index (χ0) is 38.0. The molecule has 0 radical (unpaired) electrons. The van der Waals surface area contributed by atoms with Gasteiger partial charge in [0.2, 0.25) is 0 Å². The van der Waals surface area contributed by atoms with Crippen molar-refractivity contribution in [3.8, 4) is 0 Å². The van der Waals surface area contributed by atoms with E-state index in [-0.39, 0.29) is 46.0 Å². The Hall–Kier alpha value is -1.19. The SMILES string of the molecule is C[C@@H]1O[C@@H](O[C@H]2[C@H](O[C@H]3CC[C@]4(C)[C@H]5CC=C6[C@@H]7CC(C)(C)CC[C@]7(C(=O)O)CC[C@@]6(C)[C@]5(C)CC[C@H]4[C@]3(C)O)OC[C@H](O)[C@@H]2O)[C@H](O)[C@H](O)[C@H]1O. The fourth-order valence-electron chi connectivity index (χ4n) is 12.9. The highest BCUT2D eigenvalue weighted by Gasteiger charge is 2.70. The zero-order valence-electron chi connectivity index (χ0n) is 32.0. The van der Waals surface area contributed by atoms with Crippen LogP contribution in [0.1, 0.15) is 113 Å². The monoisotopic (exact) mass is 736 g/mol. The van der Waals surface area contributed by atoms with Crippen LogP contribution in [0.3, 0.4) is 0 Å². The number of ether oxygens (including phenoxy) is 4. The van der Waals surface area contributed by atoms with Gasteiger partial charge in [-0.15, -0.1) is 0 Å². The van der Waals surface area contributed by atoms with Gasteiger partial charge in [-0.3, -0.25) is 4.79 Å². The van der Waals surface area contributed by atoms with Crippen molar-refractivity contribution < 1.29 is 59.5 Å². The molecular formula is C40H64O12. The third kappa shape index (κ3) is 5.63. The summed E-state index contributed by atoms with van der Waals surface area (Å²) in [6.07, 6.45) is -2.56. The van der Waals surface area contributed by atoms with Gasteiger partial charge in [0.05, 0.1) is 29.8 Å². The summed E-state index contributed by atoms with van der Waals surface area (Å²) in [5.41, 5.74) is -0.999. The van der Waals surface area contributed by atoms with Crippen molar-refractivity contribution in [3.63, 3.8) is 0 Å². The maximum absolute atomic E-state index is 13.0. The van der Waals surface area contributed by atoms with Gasteiger partial charge in [-0.05, 0) is 117 Å². The summed E-state index contributed by atoms with van der Waals surface area (Å²) >= 11 is 0. The molecule has 7 rings (SSSR count). The molecule has 296 valence electrons. The van der Waals surface area contributed by atoms with Crippen molar-refractivity contribution >= 4 is 5.97 Å². The summed E-state index contributed by atoms with van der Waals surface area (Å²) in [7, 11) is 0. The third-order valence-corrected chi connectivity index (χ3v) is 16.5. The Morgan fingerprint density at radius 3 is 2.19 bits per heavy atom. The van der Waals surface area contributed by atoms with E-state index in [1.54, 1.807) is 0 Å². The molecule has 52 heavy (non-hydrogen) atoms. The number of hydrogen-bond acceptors (Lipinski definition) is 11. The zero-order valence-corrected chi connectivity index (χ0v) is 32.0.